The topological polar surface area (TPSA) is 52.1 Å². The van der Waals surface area contributed by atoms with Crippen molar-refractivity contribution in [2.75, 3.05) is 0 Å². The molecule has 2 aromatic carbocycles. The number of halogens is 2. The molecule has 3 aromatic heterocycles. The van der Waals surface area contributed by atoms with Crippen LogP contribution in [0.2, 0.25) is 0 Å². The van der Waals surface area contributed by atoms with Crippen LogP contribution in [0.1, 0.15) is 42.9 Å². The van der Waals surface area contributed by atoms with Crippen LogP contribution in [0.5, 0.6) is 11.5 Å². The third-order valence-electron chi connectivity index (χ3n) is 6.41. The summed E-state index contributed by atoms with van der Waals surface area (Å²) in [6.45, 7) is 4.26. The van der Waals surface area contributed by atoms with E-state index in [1.807, 2.05) is 18.3 Å². The summed E-state index contributed by atoms with van der Waals surface area (Å²) in [4.78, 5) is 22.9. The highest BCUT2D eigenvalue weighted by Crippen LogP contribution is 2.39. The minimum absolute atomic E-state index is 0.0693. The van der Waals surface area contributed by atoms with Gasteiger partial charge in [-0.1, -0.05) is 50.3 Å². The van der Waals surface area contributed by atoms with Crippen molar-refractivity contribution >= 4 is 44.4 Å². The fraction of sp³-hybridized carbons (Fsp3) is 0.188. The molecule has 0 spiro atoms. The Morgan fingerprint density at radius 2 is 1.70 bits per heavy atom. The van der Waals surface area contributed by atoms with E-state index in [2.05, 4.69) is 29.9 Å². The maximum Gasteiger partial charge on any atom is 0.166 e. The Labute approximate surface area is 240 Å². The number of benzene rings is 2. The van der Waals surface area contributed by atoms with Crippen molar-refractivity contribution in [1.29, 1.82) is 0 Å². The normalized spacial score (nSPS) is 11.2. The van der Waals surface area contributed by atoms with Gasteiger partial charge in [-0.25, -0.2) is 8.78 Å². The fourth-order valence-corrected chi connectivity index (χ4v) is 5.64. The third-order valence-corrected chi connectivity index (χ3v) is 7.86. The minimum atomic E-state index is -0.523. The Bertz CT molecular complexity index is 1680. The first-order valence-electron chi connectivity index (χ1n) is 12.8. The summed E-state index contributed by atoms with van der Waals surface area (Å²) < 4.78 is 34.9. The molecular weight excluding hydrogens is 546 g/mol. The number of hydrogen-bond acceptors (Lipinski definition) is 6. The average Bonchev–Trinajstić information content (AvgIpc) is 3.37. The van der Waals surface area contributed by atoms with Gasteiger partial charge in [0, 0.05) is 42.6 Å². The van der Waals surface area contributed by atoms with Gasteiger partial charge in [0.1, 0.15) is 17.3 Å². The van der Waals surface area contributed by atoms with Crippen molar-refractivity contribution in [3.63, 3.8) is 0 Å². The van der Waals surface area contributed by atoms with E-state index in [4.69, 9.17) is 17.0 Å². The Kier molecular flexibility index (Phi) is 8.38. The molecule has 0 saturated carbocycles. The number of pyridine rings is 2. The van der Waals surface area contributed by atoms with Crippen LogP contribution < -0.4 is 4.74 Å². The summed E-state index contributed by atoms with van der Waals surface area (Å²) in [5, 5.41) is 0. The summed E-state index contributed by atoms with van der Waals surface area (Å²) in [7, 11) is 0. The van der Waals surface area contributed by atoms with E-state index in [0.717, 1.165) is 26.4 Å². The maximum absolute atomic E-state index is 15.1. The Morgan fingerprint density at radius 1 is 0.925 bits per heavy atom. The number of hydrogen-bond donors (Lipinski definition) is 0. The van der Waals surface area contributed by atoms with Gasteiger partial charge in [0.25, 0.3) is 0 Å². The summed E-state index contributed by atoms with van der Waals surface area (Å²) in [6.07, 6.45) is 4.08. The van der Waals surface area contributed by atoms with Crippen LogP contribution in [0.15, 0.2) is 79.1 Å². The van der Waals surface area contributed by atoms with Crippen LogP contribution in [0.4, 0.5) is 8.78 Å². The lowest BCUT2D eigenvalue weighted by atomic mass is 10.0. The Balaban J connectivity index is 1.25. The first-order chi connectivity index (χ1) is 19.2. The number of aromatic nitrogens is 2. The molecule has 0 saturated heterocycles. The first kappa shape index (κ1) is 27.7. The molecular formula is C32H26F2N2O2S2. The molecule has 40 heavy (non-hydrogen) atoms. The molecule has 0 aliphatic heterocycles. The van der Waals surface area contributed by atoms with Crippen molar-refractivity contribution in [1.82, 2.24) is 9.97 Å². The molecule has 5 rings (SSSR count). The number of nitrogens with zero attached hydrogens (tertiary/aromatic N) is 2. The van der Waals surface area contributed by atoms with Gasteiger partial charge in [-0.05, 0) is 59.0 Å². The van der Waals surface area contributed by atoms with Crippen molar-refractivity contribution < 1.29 is 18.3 Å². The zero-order valence-corrected chi connectivity index (χ0v) is 23.6. The van der Waals surface area contributed by atoms with Crippen molar-refractivity contribution in [2.24, 2.45) is 0 Å². The molecule has 202 valence electrons. The van der Waals surface area contributed by atoms with Crippen molar-refractivity contribution in [3.05, 3.63) is 107 Å². The molecule has 0 fully saturated rings. The van der Waals surface area contributed by atoms with Gasteiger partial charge in [0.2, 0.25) is 0 Å². The van der Waals surface area contributed by atoms with Gasteiger partial charge in [0.05, 0.1) is 20.8 Å². The first-order valence-corrected chi connectivity index (χ1v) is 14.1. The Hall–Kier alpha value is -3.88. The second-order valence-electron chi connectivity index (χ2n) is 9.87. The summed E-state index contributed by atoms with van der Waals surface area (Å²) in [5.74, 6) is 0.0559. The quantitative estimate of drug-likeness (QED) is 0.157. The number of thiophene rings is 1. The summed E-state index contributed by atoms with van der Waals surface area (Å²) in [6, 6.07) is 18.3. The third kappa shape index (κ3) is 6.63. The number of carbonyl (C=O) groups excluding carboxylic acids is 1. The molecule has 5 aromatic rings. The van der Waals surface area contributed by atoms with Crippen LogP contribution in [-0.2, 0) is 17.6 Å². The van der Waals surface area contributed by atoms with E-state index >= 15 is 4.39 Å². The fourth-order valence-electron chi connectivity index (χ4n) is 4.27. The predicted octanol–water partition coefficient (Wildman–Crippen LogP) is 8.67. The SMILES string of the molecule is CC(C)c1ccc(-c2cc3nccc(Oc4ccc(CC(=S)CC(=O)Cc5ccc(F)cc5)cc4F)c3s2)nc1. The van der Waals surface area contributed by atoms with Gasteiger partial charge < -0.3 is 4.74 Å². The zero-order chi connectivity index (χ0) is 28.2. The zero-order valence-electron chi connectivity index (χ0n) is 22.0. The molecule has 3 heterocycles. The number of rotatable bonds is 10. The summed E-state index contributed by atoms with van der Waals surface area (Å²) in [5.41, 5.74) is 4.15. The molecule has 0 radical (unpaired) electrons. The molecule has 0 aliphatic rings. The number of thiocarbonyl (C=S) groups is 1. The second-order valence-corrected chi connectivity index (χ2v) is 11.5. The predicted molar refractivity (Wildman–Crippen MR) is 159 cm³/mol. The van der Waals surface area contributed by atoms with Gasteiger partial charge in [-0.15, -0.1) is 11.3 Å². The van der Waals surface area contributed by atoms with E-state index in [-0.39, 0.29) is 36.6 Å². The van der Waals surface area contributed by atoms with E-state index in [0.29, 0.717) is 22.1 Å². The number of ketones is 1. The van der Waals surface area contributed by atoms with E-state index in [1.54, 1.807) is 36.5 Å². The van der Waals surface area contributed by atoms with Crippen LogP contribution in [0.25, 0.3) is 20.8 Å². The van der Waals surface area contributed by atoms with E-state index in [9.17, 15) is 9.18 Å². The lowest BCUT2D eigenvalue weighted by molar-refractivity contribution is -0.117. The summed E-state index contributed by atoms with van der Waals surface area (Å²) >= 11 is 6.89. The Morgan fingerprint density at radius 3 is 2.40 bits per heavy atom. The van der Waals surface area contributed by atoms with Crippen molar-refractivity contribution in [2.45, 2.75) is 39.0 Å². The minimum Gasteiger partial charge on any atom is -0.453 e. The highest BCUT2D eigenvalue weighted by molar-refractivity contribution is 7.80. The van der Waals surface area contributed by atoms with E-state index in [1.165, 1.54) is 35.1 Å². The van der Waals surface area contributed by atoms with Crippen LogP contribution in [0.3, 0.4) is 0 Å². The molecule has 0 bridgehead atoms. The number of fused-ring (bicyclic) bond motifs is 1. The highest BCUT2D eigenvalue weighted by Gasteiger charge is 2.15. The number of carbonyl (C=O) groups is 1. The average molecular weight is 573 g/mol. The molecule has 0 unspecified atom stereocenters. The second kappa shape index (κ2) is 12.1. The molecule has 0 amide bonds. The van der Waals surface area contributed by atoms with Gasteiger partial charge >= 0.3 is 0 Å². The molecule has 8 heteroatoms. The lowest BCUT2D eigenvalue weighted by Crippen LogP contribution is -2.11. The molecule has 4 nitrogen and oxygen atoms in total. The van der Waals surface area contributed by atoms with Gasteiger partial charge in [0.15, 0.2) is 11.6 Å². The van der Waals surface area contributed by atoms with Crippen LogP contribution >= 0.6 is 23.6 Å². The lowest BCUT2D eigenvalue weighted by Gasteiger charge is -2.10. The molecule has 0 N–H and O–H groups in total. The largest absolute Gasteiger partial charge is 0.453 e. The molecule has 0 atom stereocenters. The van der Waals surface area contributed by atoms with E-state index < -0.39 is 5.82 Å². The number of ether oxygens (including phenoxy) is 1. The van der Waals surface area contributed by atoms with Crippen molar-refractivity contribution in [3.8, 4) is 22.1 Å². The van der Waals surface area contributed by atoms with Crippen LogP contribution in [0, 0.1) is 11.6 Å². The number of Topliss-reactive ketones (excluding diaryl/α,β-unsaturated/α-hetero) is 1. The molecule has 0 aliphatic carbocycles. The van der Waals surface area contributed by atoms with Gasteiger partial charge in [-0.3, -0.25) is 14.8 Å². The van der Waals surface area contributed by atoms with Crippen LogP contribution in [-0.4, -0.2) is 20.6 Å². The van der Waals surface area contributed by atoms with Gasteiger partial charge in [-0.2, -0.15) is 0 Å². The maximum atomic E-state index is 15.1. The standard InChI is InChI=1S/C32H26F2N2O2S2/c1-19(2)22-6-9-27(36-18-22)31-17-28-32(40-31)30(11-12-35-28)38-29-10-5-21(15-26(29)34)14-25(39)16-24(37)13-20-3-7-23(33)8-4-20/h3-12,15,17-19H,13-14,16H2,1-2H3. The highest BCUT2D eigenvalue weighted by atomic mass is 32.1. The monoisotopic (exact) mass is 572 g/mol. The smallest absolute Gasteiger partial charge is 0.166 e.